The number of aromatic nitrogens is 3. The van der Waals surface area contributed by atoms with Gasteiger partial charge in [-0.05, 0) is 24.3 Å². The molecule has 0 atom stereocenters. The normalized spacial score (nSPS) is 11.3. The molecular formula is C17H19N5O2. The number of rotatable bonds is 3. The van der Waals surface area contributed by atoms with Crippen LogP contribution in [0, 0.1) is 0 Å². The second-order valence-electron chi connectivity index (χ2n) is 6.42. The smallest absolute Gasteiger partial charge is 0.324 e. The number of nitrogens with zero attached hydrogens (tertiary/aromatic N) is 2. The SMILES string of the molecule is CC(C)(C)c1cc(NC(=O)Nc2ccc(-c3ncc[nH]3)cc2)no1. The maximum Gasteiger partial charge on any atom is 0.324 e. The first-order chi connectivity index (χ1) is 11.4. The number of hydrogen-bond acceptors (Lipinski definition) is 4. The average molecular weight is 325 g/mol. The van der Waals surface area contributed by atoms with Crippen LogP contribution in [0.15, 0.2) is 47.2 Å². The van der Waals surface area contributed by atoms with Gasteiger partial charge in [-0.1, -0.05) is 25.9 Å². The number of carbonyl (C=O) groups is 1. The maximum absolute atomic E-state index is 12.0. The molecule has 24 heavy (non-hydrogen) atoms. The van der Waals surface area contributed by atoms with Crippen molar-refractivity contribution in [1.29, 1.82) is 0 Å². The van der Waals surface area contributed by atoms with E-state index in [1.165, 1.54) is 0 Å². The van der Waals surface area contributed by atoms with E-state index in [2.05, 4.69) is 25.8 Å². The lowest BCUT2D eigenvalue weighted by Gasteiger charge is -2.12. The van der Waals surface area contributed by atoms with Gasteiger partial charge in [0.15, 0.2) is 5.82 Å². The first-order valence-corrected chi connectivity index (χ1v) is 7.57. The Morgan fingerprint density at radius 1 is 1.17 bits per heavy atom. The predicted molar refractivity (Wildman–Crippen MR) is 91.9 cm³/mol. The van der Waals surface area contributed by atoms with Gasteiger partial charge >= 0.3 is 6.03 Å². The number of aromatic amines is 1. The Balaban J connectivity index is 1.61. The van der Waals surface area contributed by atoms with Crippen LogP contribution in [-0.4, -0.2) is 21.2 Å². The molecule has 0 saturated carbocycles. The van der Waals surface area contributed by atoms with Gasteiger partial charge in [0.25, 0.3) is 0 Å². The van der Waals surface area contributed by atoms with Crippen molar-refractivity contribution >= 4 is 17.5 Å². The van der Waals surface area contributed by atoms with Crippen molar-refractivity contribution < 1.29 is 9.32 Å². The minimum absolute atomic E-state index is 0.162. The predicted octanol–water partition coefficient (Wildman–Crippen LogP) is 4.01. The zero-order valence-electron chi connectivity index (χ0n) is 13.8. The van der Waals surface area contributed by atoms with Gasteiger partial charge in [0.1, 0.15) is 11.6 Å². The fraction of sp³-hybridized carbons (Fsp3) is 0.235. The van der Waals surface area contributed by atoms with Gasteiger partial charge in [-0.15, -0.1) is 0 Å². The second-order valence-corrected chi connectivity index (χ2v) is 6.42. The number of nitrogens with one attached hydrogen (secondary N) is 3. The molecular weight excluding hydrogens is 306 g/mol. The van der Waals surface area contributed by atoms with Crippen LogP contribution in [0.25, 0.3) is 11.4 Å². The zero-order valence-corrected chi connectivity index (χ0v) is 13.8. The summed E-state index contributed by atoms with van der Waals surface area (Å²) in [7, 11) is 0. The van der Waals surface area contributed by atoms with Crippen LogP contribution >= 0.6 is 0 Å². The van der Waals surface area contributed by atoms with Crippen LogP contribution in [0.1, 0.15) is 26.5 Å². The van der Waals surface area contributed by atoms with Gasteiger partial charge in [-0.2, -0.15) is 0 Å². The van der Waals surface area contributed by atoms with Gasteiger partial charge in [0, 0.05) is 35.1 Å². The summed E-state index contributed by atoms with van der Waals surface area (Å²) < 4.78 is 5.23. The highest BCUT2D eigenvalue weighted by atomic mass is 16.5. The van der Waals surface area contributed by atoms with E-state index in [1.54, 1.807) is 30.6 Å². The minimum atomic E-state index is -0.380. The van der Waals surface area contributed by atoms with Gasteiger partial charge in [-0.3, -0.25) is 5.32 Å². The Morgan fingerprint density at radius 3 is 2.50 bits per heavy atom. The van der Waals surface area contributed by atoms with Gasteiger partial charge in [-0.25, -0.2) is 9.78 Å². The Hall–Kier alpha value is -3.09. The van der Waals surface area contributed by atoms with Crippen molar-refractivity contribution in [3.05, 3.63) is 48.5 Å². The summed E-state index contributed by atoms with van der Waals surface area (Å²) in [4.78, 5) is 19.2. The van der Waals surface area contributed by atoms with Crippen molar-refractivity contribution in [1.82, 2.24) is 15.1 Å². The number of amides is 2. The second kappa shape index (κ2) is 6.19. The van der Waals surface area contributed by atoms with E-state index in [9.17, 15) is 4.79 Å². The molecule has 0 fully saturated rings. The quantitative estimate of drug-likeness (QED) is 0.678. The summed E-state index contributed by atoms with van der Waals surface area (Å²) in [6, 6.07) is 8.71. The van der Waals surface area contributed by atoms with Crippen LogP contribution in [0.5, 0.6) is 0 Å². The first-order valence-electron chi connectivity index (χ1n) is 7.57. The van der Waals surface area contributed by atoms with Crippen LogP contribution in [0.3, 0.4) is 0 Å². The molecule has 3 aromatic rings. The Kier molecular flexibility index (Phi) is 4.07. The number of urea groups is 1. The molecule has 7 heteroatoms. The molecule has 3 rings (SSSR count). The maximum atomic E-state index is 12.0. The Labute approximate surface area is 139 Å². The Morgan fingerprint density at radius 2 is 1.92 bits per heavy atom. The highest BCUT2D eigenvalue weighted by Crippen LogP contribution is 2.24. The van der Waals surface area contributed by atoms with E-state index in [-0.39, 0.29) is 11.4 Å². The zero-order chi connectivity index (χ0) is 17.2. The van der Waals surface area contributed by atoms with Crippen LogP contribution in [0.2, 0.25) is 0 Å². The van der Waals surface area contributed by atoms with Crippen molar-refractivity contribution in [2.45, 2.75) is 26.2 Å². The van der Waals surface area contributed by atoms with Crippen molar-refractivity contribution in [3.8, 4) is 11.4 Å². The molecule has 0 bridgehead atoms. The molecule has 3 N–H and O–H groups in total. The lowest BCUT2D eigenvalue weighted by Crippen LogP contribution is -2.19. The van der Waals surface area contributed by atoms with Gasteiger partial charge in [0.05, 0.1) is 0 Å². The van der Waals surface area contributed by atoms with E-state index in [0.29, 0.717) is 17.3 Å². The third-order valence-electron chi connectivity index (χ3n) is 3.41. The number of imidazole rings is 1. The van der Waals surface area contributed by atoms with E-state index in [1.807, 2.05) is 32.9 Å². The number of anilines is 2. The van der Waals surface area contributed by atoms with Crippen LogP contribution < -0.4 is 10.6 Å². The molecule has 2 heterocycles. The largest absolute Gasteiger partial charge is 0.359 e. The van der Waals surface area contributed by atoms with E-state index >= 15 is 0 Å². The summed E-state index contributed by atoms with van der Waals surface area (Å²) in [5.41, 5.74) is 1.45. The molecule has 2 aromatic heterocycles. The molecule has 0 spiro atoms. The summed E-state index contributed by atoms with van der Waals surface area (Å²) in [6.45, 7) is 6.04. The average Bonchev–Trinajstić information content (AvgIpc) is 3.18. The molecule has 124 valence electrons. The van der Waals surface area contributed by atoms with Crippen LogP contribution in [-0.2, 0) is 5.41 Å². The molecule has 7 nitrogen and oxygen atoms in total. The monoisotopic (exact) mass is 325 g/mol. The number of benzene rings is 1. The fourth-order valence-corrected chi connectivity index (χ4v) is 2.10. The molecule has 0 aliphatic heterocycles. The van der Waals surface area contributed by atoms with Gasteiger partial charge < -0.3 is 14.8 Å². The third-order valence-corrected chi connectivity index (χ3v) is 3.41. The standard InChI is InChI=1S/C17H19N5O2/c1-17(2,3)13-10-14(22-24-13)21-16(23)20-12-6-4-11(5-7-12)15-18-8-9-19-15/h4-10H,1-3H3,(H,18,19)(H2,20,21,22,23). The summed E-state index contributed by atoms with van der Waals surface area (Å²) in [5, 5.41) is 9.25. The van der Waals surface area contributed by atoms with Crippen LogP contribution in [0.4, 0.5) is 16.3 Å². The molecule has 0 radical (unpaired) electrons. The lowest BCUT2D eigenvalue weighted by molar-refractivity contribution is 0.262. The summed E-state index contributed by atoms with van der Waals surface area (Å²) >= 11 is 0. The number of H-pyrrole nitrogens is 1. The molecule has 0 unspecified atom stereocenters. The molecule has 0 aliphatic rings. The molecule has 2 amide bonds. The minimum Gasteiger partial charge on any atom is -0.359 e. The highest BCUT2D eigenvalue weighted by molar-refractivity contribution is 5.99. The number of carbonyl (C=O) groups excluding carboxylic acids is 1. The van der Waals surface area contributed by atoms with Gasteiger partial charge in [0.2, 0.25) is 0 Å². The fourth-order valence-electron chi connectivity index (χ4n) is 2.10. The van der Waals surface area contributed by atoms with E-state index in [4.69, 9.17) is 4.52 Å². The topological polar surface area (TPSA) is 95.8 Å². The summed E-state index contributed by atoms with van der Waals surface area (Å²) in [6.07, 6.45) is 3.46. The molecule has 0 saturated heterocycles. The van der Waals surface area contributed by atoms with Crippen molar-refractivity contribution in [2.75, 3.05) is 10.6 Å². The van der Waals surface area contributed by atoms with Crippen molar-refractivity contribution in [2.24, 2.45) is 0 Å². The van der Waals surface area contributed by atoms with Crippen molar-refractivity contribution in [3.63, 3.8) is 0 Å². The number of hydrogen-bond donors (Lipinski definition) is 3. The molecule has 1 aromatic carbocycles. The first kappa shape index (κ1) is 15.8. The highest BCUT2D eigenvalue weighted by Gasteiger charge is 2.20. The van der Waals surface area contributed by atoms with E-state index in [0.717, 1.165) is 11.4 Å². The van der Waals surface area contributed by atoms with E-state index < -0.39 is 0 Å². The molecule has 0 aliphatic carbocycles. The lowest BCUT2D eigenvalue weighted by atomic mass is 9.93. The Bertz CT molecular complexity index is 814. The summed E-state index contributed by atoms with van der Waals surface area (Å²) in [5.74, 6) is 1.87. The third kappa shape index (κ3) is 3.62.